The van der Waals surface area contributed by atoms with Gasteiger partial charge in [-0.2, -0.15) is 0 Å². The monoisotopic (exact) mass is 252 g/mol. The molecule has 1 atom stereocenters. The molecule has 3 nitrogen and oxygen atoms in total. The highest BCUT2D eigenvalue weighted by Crippen LogP contribution is 2.24. The second-order valence-corrected chi connectivity index (χ2v) is 4.65. The van der Waals surface area contributed by atoms with E-state index in [0.29, 0.717) is 0 Å². The van der Waals surface area contributed by atoms with Crippen LogP contribution in [0.15, 0.2) is 59.1 Å². The maximum atomic E-state index is 6.19. The molecule has 2 aromatic heterocycles. The number of hydrogen-bond acceptors (Lipinski definition) is 3. The average molecular weight is 252 g/mol. The molecule has 0 saturated carbocycles. The Labute approximate surface area is 112 Å². The van der Waals surface area contributed by atoms with Crippen LogP contribution < -0.4 is 5.73 Å². The van der Waals surface area contributed by atoms with Gasteiger partial charge in [0.1, 0.15) is 11.3 Å². The first-order valence-corrected chi connectivity index (χ1v) is 6.47. The van der Waals surface area contributed by atoms with Gasteiger partial charge in [-0.15, -0.1) is 0 Å². The molecule has 1 aromatic carbocycles. The Kier molecular flexibility index (Phi) is 3.29. The number of pyridine rings is 1. The molecule has 0 radical (unpaired) electrons. The van der Waals surface area contributed by atoms with Crippen LogP contribution in [0.1, 0.15) is 23.9 Å². The third kappa shape index (κ3) is 2.66. The third-order valence-electron chi connectivity index (χ3n) is 3.25. The van der Waals surface area contributed by atoms with Gasteiger partial charge in [-0.05, 0) is 37.1 Å². The first-order chi connectivity index (χ1) is 9.33. The van der Waals surface area contributed by atoms with E-state index in [1.165, 1.54) is 0 Å². The Bertz CT molecular complexity index is 628. The van der Waals surface area contributed by atoms with Crippen molar-refractivity contribution in [2.45, 2.75) is 18.9 Å². The summed E-state index contributed by atoms with van der Waals surface area (Å²) >= 11 is 0. The van der Waals surface area contributed by atoms with Gasteiger partial charge in [0.15, 0.2) is 0 Å². The van der Waals surface area contributed by atoms with Gasteiger partial charge < -0.3 is 10.2 Å². The average Bonchev–Trinajstić information content (AvgIpc) is 2.90. The minimum atomic E-state index is -0.0885. The lowest BCUT2D eigenvalue weighted by Gasteiger charge is -2.07. The van der Waals surface area contributed by atoms with Gasteiger partial charge in [0.2, 0.25) is 0 Å². The predicted octanol–water partition coefficient (Wildman–Crippen LogP) is 3.46. The van der Waals surface area contributed by atoms with Crippen LogP contribution in [0.4, 0.5) is 0 Å². The van der Waals surface area contributed by atoms with Gasteiger partial charge in [0, 0.05) is 17.3 Å². The molecule has 0 bridgehead atoms. The minimum Gasteiger partial charge on any atom is -0.459 e. The zero-order chi connectivity index (χ0) is 13.1. The van der Waals surface area contributed by atoms with Crippen molar-refractivity contribution in [3.8, 4) is 0 Å². The van der Waals surface area contributed by atoms with Crippen LogP contribution in [-0.4, -0.2) is 4.98 Å². The van der Waals surface area contributed by atoms with E-state index in [4.69, 9.17) is 10.2 Å². The summed E-state index contributed by atoms with van der Waals surface area (Å²) in [6.07, 6.45) is 3.50. The van der Waals surface area contributed by atoms with E-state index in [9.17, 15) is 0 Å². The predicted molar refractivity (Wildman–Crippen MR) is 75.7 cm³/mol. The van der Waals surface area contributed by atoms with Crippen LogP contribution in [0.25, 0.3) is 11.0 Å². The van der Waals surface area contributed by atoms with E-state index >= 15 is 0 Å². The Morgan fingerprint density at radius 2 is 1.95 bits per heavy atom. The van der Waals surface area contributed by atoms with E-state index in [1.807, 2.05) is 54.7 Å². The SMILES string of the molecule is NC(CCc1ccccn1)c1cc2ccccc2o1. The van der Waals surface area contributed by atoms with Crippen LogP contribution in [-0.2, 0) is 6.42 Å². The lowest BCUT2D eigenvalue weighted by Crippen LogP contribution is -2.10. The third-order valence-corrected chi connectivity index (χ3v) is 3.25. The number of nitrogens with two attached hydrogens (primary N) is 1. The number of para-hydroxylation sites is 1. The number of aromatic nitrogens is 1. The number of aryl methyl sites for hydroxylation is 1. The first kappa shape index (κ1) is 11.9. The number of hydrogen-bond donors (Lipinski definition) is 1. The number of benzene rings is 1. The van der Waals surface area contributed by atoms with Gasteiger partial charge in [0.05, 0.1) is 6.04 Å². The van der Waals surface area contributed by atoms with Crippen LogP contribution in [0, 0.1) is 0 Å². The molecule has 0 aliphatic carbocycles. The summed E-state index contributed by atoms with van der Waals surface area (Å²) in [5, 5.41) is 1.10. The Morgan fingerprint density at radius 3 is 2.74 bits per heavy atom. The molecule has 1 unspecified atom stereocenters. The molecule has 3 rings (SSSR count). The van der Waals surface area contributed by atoms with Gasteiger partial charge in [-0.25, -0.2) is 0 Å². The molecule has 0 amide bonds. The standard InChI is InChI=1S/C16H16N2O/c17-14(9-8-13-6-3-4-10-18-13)16-11-12-5-1-2-7-15(12)19-16/h1-7,10-11,14H,8-9,17H2. The molecule has 19 heavy (non-hydrogen) atoms. The normalized spacial score (nSPS) is 12.7. The topological polar surface area (TPSA) is 52.0 Å². The summed E-state index contributed by atoms with van der Waals surface area (Å²) in [6, 6.07) is 15.8. The molecule has 0 aliphatic rings. The van der Waals surface area contributed by atoms with Crippen molar-refractivity contribution < 1.29 is 4.42 Å². The maximum Gasteiger partial charge on any atom is 0.134 e. The number of furan rings is 1. The van der Waals surface area contributed by atoms with Crippen LogP contribution in [0.3, 0.4) is 0 Å². The van der Waals surface area contributed by atoms with E-state index in [1.54, 1.807) is 0 Å². The van der Waals surface area contributed by atoms with Gasteiger partial charge in [-0.1, -0.05) is 24.3 Å². The number of nitrogens with zero attached hydrogens (tertiary/aromatic N) is 1. The Hall–Kier alpha value is -2.13. The highest BCUT2D eigenvalue weighted by Gasteiger charge is 2.12. The molecule has 96 valence electrons. The number of fused-ring (bicyclic) bond motifs is 1. The molecule has 3 heteroatoms. The first-order valence-electron chi connectivity index (χ1n) is 6.47. The summed E-state index contributed by atoms with van der Waals surface area (Å²) in [5.74, 6) is 0.845. The molecule has 2 N–H and O–H groups in total. The smallest absolute Gasteiger partial charge is 0.134 e. The molecular formula is C16H16N2O. The molecular weight excluding hydrogens is 236 g/mol. The van der Waals surface area contributed by atoms with Crippen molar-refractivity contribution in [1.29, 1.82) is 0 Å². The van der Waals surface area contributed by atoms with Crippen LogP contribution in [0.2, 0.25) is 0 Å². The largest absolute Gasteiger partial charge is 0.459 e. The molecule has 0 fully saturated rings. The van der Waals surface area contributed by atoms with Crippen molar-refractivity contribution in [1.82, 2.24) is 4.98 Å². The molecule has 0 saturated heterocycles. The van der Waals surface area contributed by atoms with E-state index < -0.39 is 0 Å². The summed E-state index contributed by atoms with van der Waals surface area (Å²) < 4.78 is 5.77. The lowest BCUT2D eigenvalue weighted by atomic mass is 10.1. The zero-order valence-electron chi connectivity index (χ0n) is 10.6. The van der Waals surface area contributed by atoms with Gasteiger partial charge in [0.25, 0.3) is 0 Å². The summed E-state index contributed by atoms with van der Waals surface area (Å²) in [6.45, 7) is 0. The van der Waals surface area contributed by atoms with Crippen LogP contribution >= 0.6 is 0 Å². The van der Waals surface area contributed by atoms with Gasteiger partial charge >= 0.3 is 0 Å². The molecule has 3 aromatic rings. The van der Waals surface area contributed by atoms with Gasteiger partial charge in [-0.3, -0.25) is 4.98 Å². The van der Waals surface area contributed by atoms with Crippen molar-refractivity contribution in [2.24, 2.45) is 5.73 Å². The fourth-order valence-corrected chi connectivity index (χ4v) is 2.18. The van der Waals surface area contributed by atoms with E-state index in [0.717, 1.165) is 35.3 Å². The lowest BCUT2D eigenvalue weighted by molar-refractivity contribution is 0.477. The highest BCUT2D eigenvalue weighted by atomic mass is 16.3. The second kappa shape index (κ2) is 5.24. The van der Waals surface area contributed by atoms with Crippen LogP contribution in [0.5, 0.6) is 0 Å². The summed E-state index contributed by atoms with van der Waals surface area (Å²) in [5.41, 5.74) is 8.14. The maximum absolute atomic E-state index is 6.19. The minimum absolute atomic E-state index is 0.0885. The molecule has 0 aliphatic heterocycles. The fourth-order valence-electron chi connectivity index (χ4n) is 2.18. The summed E-state index contributed by atoms with van der Waals surface area (Å²) in [7, 11) is 0. The van der Waals surface area contributed by atoms with Crippen molar-refractivity contribution in [3.05, 3.63) is 66.2 Å². The van der Waals surface area contributed by atoms with Crippen molar-refractivity contribution in [2.75, 3.05) is 0 Å². The van der Waals surface area contributed by atoms with E-state index in [2.05, 4.69) is 4.98 Å². The quantitative estimate of drug-likeness (QED) is 0.773. The Morgan fingerprint density at radius 1 is 1.11 bits per heavy atom. The zero-order valence-corrected chi connectivity index (χ0v) is 10.6. The molecule has 2 heterocycles. The number of rotatable bonds is 4. The Balaban J connectivity index is 1.71. The highest BCUT2D eigenvalue weighted by molar-refractivity contribution is 5.77. The second-order valence-electron chi connectivity index (χ2n) is 4.65. The molecule has 0 spiro atoms. The summed E-state index contributed by atoms with van der Waals surface area (Å²) in [4.78, 5) is 4.30. The van der Waals surface area contributed by atoms with Crippen molar-refractivity contribution >= 4 is 11.0 Å². The van der Waals surface area contributed by atoms with Crippen molar-refractivity contribution in [3.63, 3.8) is 0 Å². The van der Waals surface area contributed by atoms with E-state index in [-0.39, 0.29) is 6.04 Å². The fraction of sp³-hybridized carbons (Fsp3) is 0.188.